The molecule has 37 heavy (non-hydrogen) atoms. The van der Waals surface area contributed by atoms with Gasteiger partial charge in [0.05, 0.1) is 5.60 Å². The lowest BCUT2D eigenvalue weighted by Gasteiger charge is -2.75. The number of hydrogen-bond acceptors (Lipinski definition) is 9. The molecule has 6 aliphatic rings. The van der Waals surface area contributed by atoms with E-state index in [1.807, 2.05) is 6.92 Å². The van der Waals surface area contributed by atoms with Crippen molar-refractivity contribution < 1.29 is 33.7 Å². The number of amides is 1. The molecule has 10 heteroatoms. The van der Waals surface area contributed by atoms with E-state index in [9.17, 15) is 19.5 Å². The van der Waals surface area contributed by atoms with Crippen LogP contribution in [0.15, 0.2) is 0 Å². The largest absolute Gasteiger partial charge is 0.458 e. The average molecular weight is 554 g/mol. The van der Waals surface area contributed by atoms with Crippen LogP contribution in [0.1, 0.15) is 79.1 Å². The Labute approximate surface area is 228 Å². The Balaban J connectivity index is 1.60. The van der Waals surface area contributed by atoms with Gasteiger partial charge in [0.1, 0.15) is 9.92 Å². The average Bonchev–Trinajstić information content (AvgIpc) is 3.08. The minimum absolute atomic E-state index is 0.0518. The molecule has 4 bridgehead atoms. The summed E-state index contributed by atoms with van der Waals surface area (Å²) in [6.45, 7) is 6.63. The Hall–Kier alpha value is -1.07. The van der Waals surface area contributed by atoms with Crippen molar-refractivity contribution in [2.24, 2.45) is 28.6 Å². The zero-order valence-electron chi connectivity index (χ0n) is 22.4. The van der Waals surface area contributed by atoms with Crippen molar-refractivity contribution in [3.8, 4) is 0 Å². The van der Waals surface area contributed by atoms with E-state index in [4.69, 9.17) is 26.4 Å². The predicted octanol–water partition coefficient (Wildman–Crippen LogP) is 3.52. The summed E-state index contributed by atoms with van der Waals surface area (Å²) in [5.41, 5.74) is -3.05. The lowest BCUT2D eigenvalue weighted by atomic mass is 9.40. The molecule has 0 aromatic heterocycles. The second-order valence-corrected chi connectivity index (χ2v) is 14.3. The van der Waals surface area contributed by atoms with Crippen LogP contribution in [0.25, 0.3) is 0 Å². The van der Waals surface area contributed by atoms with Gasteiger partial charge in [-0.2, -0.15) is 0 Å². The molecule has 2 N–H and O–H groups in total. The van der Waals surface area contributed by atoms with Crippen LogP contribution in [0.4, 0.5) is 0 Å². The molecule has 6 fully saturated rings. The first-order valence-electron chi connectivity index (χ1n) is 13.4. The van der Waals surface area contributed by atoms with Gasteiger partial charge < -0.3 is 24.6 Å². The highest BCUT2D eigenvalue weighted by molar-refractivity contribution is 8.23. The Morgan fingerprint density at radius 1 is 1.05 bits per heavy atom. The number of ketones is 1. The maximum absolute atomic E-state index is 13.4. The van der Waals surface area contributed by atoms with Gasteiger partial charge in [-0.15, -0.1) is 0 Å². The van der Waals surface area contributed by atoms with E-state index in [2.05, 4.69) is 12.2 Å². The fourth-order valence-corrected chi connectivity index (χ4v) is 11.3. The van der Waals surface area contributed by atoms with E-state index in [1.54, 1.807) is 7.11 Å². The van der Waals surface area contributed by atoms with Crippen LogP contribution in [0.5, 0.6) is 0 Å². The molecular formula is C27H39NO7S2. The normalized spacial score (nSPS) is 47.5. The van der Waals surface area contributed by atoms with Gasteiger partial charge in [-0.3, -0.25) is 14.4 Å². The molecule has 0 radical (unpaired) electrons. The van der Waals surface area contributed by atoms with E-state index in [0.717, 1.165) is 32.1 Å². The van der Waals surface area contributed by atoms with Crippen molar-refractivity contribution in [3.05, 3.63) is 0 Å². The molecule has 0 aromatic rings. The number of fused-ring (bicyclic) bond motifs is 3. The molecule has 0 aromatic carbocycles. The van der Waals surface area contributed by atoms with Crippen LogP contribution < -0.4 is 5.32 Å². The Morgan fingerprint density at radius 2 is 1.78 bits per heavy atom. The van der Waals surface area contributed by atoms with Gasteiger partial charge in [-0.05, 0) is 56.3 Å². The number of hydrogen-bond donors (Lipinski definition) is 2. The highest BCUT2D eigenvalue weighted by Gasteiger charge is 2.79. The van der Waals surface area contributed by atoms with E-state index < -0.39 is 40.8 Å². The summed E-state index contributed by atoms with van der Waals surface area (Å²) in [5.74, 6) is -1.28. The van der Waals surface area contributed by atoms with Crippen LogP contribution in [0, 0.1) is 28.6 Å². The van der Waals surface area contributed by atoms with Crippen molar-refractivity contribution in [1.82, 2.24) is 5.32 Å². The summed E-state index contributed by atoms with van der Waals surface area (Å²) in [6, 6.07) is 0. The maximum atomic E-state index is 13.4. The Morgan fingerprint density at radius 3 is 2.43 bits per heavy atom. The molecule has 9 unspecified atom stereocenters. The van der Waals surface area contributed by atoms with Crippen LogP contribution in [-0.2, 0) is 28.6 Å². The van der Waals surface area contributed by atoms with Crippen LogP contribution in [0.2, 0.25) is 0 Å². The first-order valence-corrected chi connectivity index (χ1v) is 14.7. The summed E-state index contributed by atoms with van der Waals surface area (Å²) in [5, 5.41) is 14.6. The molecule has 8 nitrogen and oxygen atoms in total. The minimum Gasteiger partial charge on any atom is -0.458 e. The molecule has 9 atom stereocenters. The molecule has 6 rings (SSSR count). The third-order valence-electron chi connectivity index (χ3n) is 11.0. The van der Waals surface area contributed by atoms with E-state index >= 15 is 0 Å². The highest BCUT2D eigenvalue weighted by Crippen LogP contribution is 2.76. The molecule has 2 aliphatic heterocycles. The van der Waals surface area contributed by atoms with Crippen molar-refractivity contribution in [2.45, 2.75) is 101 Å². The fourth-order valence-electron chi connectivity index (χ4n) is 9.26. The van der Waals surface area contributed by atoms with Gasteiger partial charge in [0, 0.05) is 49.9 Å². The second-order valence-electron chi connectivity index (χ2n) is 12.4. The number of nitrogens with one attached hydrogen (secondary N) is 1. The molecule has 206 valence electrons. The van der Waals surface area contributed by atoms with E-state index in [-0.39, 0.29) is 28.4 Å². The Bertz CT molecular complexity index is 1040. The summed E-state index contributed by atoms with van der Waals surface area (Å²) >= 11 is 7.05. The molecule has 2 heterocycles. The van der Waals surface area contributed by atoms with Gasteiger partial charge in [-0.25, -0.2) is 0 Å². The first kappa shape index (κ1) is 27.5. The topological polar surface area (TPSA) is 111 Å². The van der Waals surface area contributed by atoms with Crippen LogP contribution >= 0.6 is 24.0 Å². The number of thiocarbonyl (C=S) groups is 1. The molecule has 1 amide bonds. The fraction of sp³-hybridized carbons (Fsp3) is 0.852. The minimum atomic E-state index is -1.62. The SMILES string of the molecule is COC12CCC3(C)C(CCC4C5CCC(O)(C(=O)COC(C)=O)C5(C)CC(SC(=S)NC(C)=O)C43O1)C2. The summed E-state index contributed by atoms with van der Waals surface area (Å²) in [6.07, 6.45) is 6.19. The molecule has 1 spiro atoms. The number of methoxy groups -OCH3 is 1. The van der Waals surface area contributed by atoms with Crippen LogP contribution in [-0.4, -0.2) is 63.0 Å². The van der Waals surface area contributed by atoms with Crippen molar-refractivity contribution in [1.29, 1.82) is 0 Å². The number of carbonyl (C=O) groups excluding carboxylic acids is 3. The standard InChI is InChI=1S/C27H39NO7S2/c1-15(29)28-22(36)37-21-13-24(4)18(8-9-26(24,32)20(31)14-34-16(2)30)19-7-6-17-12-25(33-5)11-10-23(17,3)27(19,21)35-25/h17-19,21,32H,6-14H2,1-5H3,(H,28,29,36). The zero-order valence-corrected chi connectivity index (χ0v) is 24.0. The lowest BCUT2D eigenvalue weighted by Crippen LogP contribution is -2.79. The smallest absolute Gasteiger partial charge is 0.303 e. The lowest BCUT2D eigenvalue weighted by molar-refractivity contribution is -0.421. The van der Waals surface area contributed by atoms with Gasteiger partial charge >= 0.3 is 5.97 Å². The number of ether oxygens (including phenoxy) is 3. The van der Waals surface area contributed by atoms with Gasteiger partial charge in [-0.1, -0.05) is 37.8 Å². The molecule has 4 aliphatic carbocycles. The molecule has 2 saturated heterocycles. The van der Waals surface area contributed by atoms with Crippen molar-refractivity contribution in [3.63, 3.8) is 0 Å². The van der Waals surface area contributed by atoms with Crippen molar-refractivity contribution in [2.75, 3.05) is 13.7 Å². The number of carbonyl (C=O) groups is 3. The van der Waals surface area contributed by atoms with Gasteiger partial charge in [0.15, 0.2) is 12.4 Å². The number of rotatable bonds is 5. The predicted molar refractivity (Wildman–Crippen MR) is 142 cm³/mol. The zero-order chi connectivity index (χ0) is 27.0. The number of aliphatic hydroxyl groups is 1. The quantitative estimate of drug-likeness (QED) is 0.390. The number of thioether (sulfide) groups is 1. The molecule has 4 saturated carbocycles. The number of esters is 1. The Kier molecular flexibility index (Phi) is 6.67. The summed E-state index contributed by atoms with van der Waals surface area (Å²) in [4.78, 5) is 36.7. The monoisotopic (exact) mass is 553 g/mol. The highest BCUT2D eigenvalue weighted by atomic mass is 32.2. The summed E-state index contributed by atoms with van der Waals surface area (Å²) in [7, 11) is 1.73. The van der Waals surface area contributed by atoms with E-state index in [0.29, 0.717) is 29.5 Å². The second kappa shape index (κ2) is 8.98. The third-order valence-corrected chi connectivity index (χ3v) is 12.5. The van der Waals surface area contributed by atoms with E-state index in [1.165, 1.54) is 25.6 Å². The number of Topliss-reactive ketones (excluding diaryl/α,β-unsaturated/α-hetero) is 1. The summed E-state index contributed by atoms with van der Waals surface area (Å²) < 4.78 is 18.7. The maximum Gasteiger partial charge on any atom is 0.303 e. The van der Waals surface area contributed by atoms with Crippen molar-refractivity contribution >= 4 is 46.0 Å². The first-order chi connectivity index (χ1) is 17.3. The van der Waals surface area contributed by atoms with Gasteiger partial charge in [0.2, 0.25) is 11.7 Å². The third kappa shape index (κ3) is 3.72. The molecular weight excluding hydrogens is 514 g/mol. The van der Waals surface area contributed by atoms with Crippen LogP contribution in [0.3, 0.4) is 0 Å². The van der Waals surface area contributed by atoms with Gasteiger partial charge in [0.25, 0.3) is 0 Å².